The molecule has 0 heterocycles. The van der Waals surface area contributed by atoms with E-state index in [1.54, 1.807) is 0 Å². The van der Waals surface area contributed by atoms with Gasteiger partial charge in [-0.1, -0.05) is 103 Å². The van der Waals surface area contributed by atoms with Crippen molar-refractivity contribution in [3.63, 3.8) is 0 Å². The van der Waals surface area contributed by atoms with Gasteiger partial charge in [-0.15, -0.1) is 0 Å². The number of nitrogens with zero attached hydrogens (tertiary/aromatic N) is 4. The molecule has 8 rings (SSSR count). The van der Waals surface area contributed by atoms with Crippen LogP contribution in [0.4, 0.5) is 62.6 Å². The minimum Gasteiger partial charge on any atom is -0.338 e. The zero-order valence-electron chi connectivity index (χ0n) is 35.4. The van der Waals surface area contributed by atoms with Crippen molar-refractivity contribution in [3.8, 4) is 0 Å². The van der Waals surface area contributed by atoms with Gasteiger partial charge in [0.05, 0.1) is 0 Å². The van der Waals surface area contributed by atoms with Crippen LogP contribution in [0, 0.1) is 13.8 Å². The summed E-state index contributed by atoms with van der Waals surface area (Å²) >= 11 is 0. The van der Waals surface area contributed by atoms with Crippen molar-refractivity contribution < 1.29 is 0 Å². The number of rotatable bonds is 14. The second-order valence-electron chi connectivity index (χ2n) is 15.3. The first-order chi connectivity index (χ1) is 29.9. The summed E-state index contributed by atoms with van der Waals surface area (Å²) in [5, 5.41) is 0. The van der Waals surface area contributed by atoms with Gasteiger partial charge in [-0.3, -0.25) is 0 Å². The zero-order valence-corrected chi connectivity index (χ0v) is 35.4. The fraction of sp³-hybridized carbons (Fsp3) is 0.0877. The Kier molecular flexibility index (Phi) is 12.5. The first-order valence-electron chi connectivity index (χ1n) is 21.0. The van der Waals surface area contributed by atoms with Crippen molar-refractivity contribution in [2.75, 3.05) is 26.1 Å². The number of aryl methyl sites for hydroxylation is 2. The van der Waals surface area contributed by atoms with Crippen molar-refractivity contribution in [3.05, 3.63) is 247 Å². The summed E-state index contributed by atoms with van der Waals surface area (Å²) in [5.74, 6) is 0. The molecule has 0 bridgehead atoms. The fourth-order valence-electron chi connectivity index (χ4n) is 7.85. The second-order valence-corrected chi connectivity index (χ2v) is 15.3. The molecule has 4 nitrogen and oxygen atoms in total. The molecule has 0 amide bonds. The summed E-state index contributed by atoms with van der Waals surface area (Å²) in [7, 11) is 0. The number of benzene rings is 8. The molecule has 61 heavy (non-hydrogen) atoms. The highest BCUT2D eigenvalue weighted by atomic mass is 15.2. The Morgan fingerprint density at radius 3 is 1.02 bits per heavy atom. The Bertz CT molecular complexity index is 2560. The number of hydrogen-bond donors (Lipinski definition) is 0. The van der Waals surface area contributed by atoms with Crippen LogP contribution in [-0.4, -0.2) is 6.54 Å². The molecule has 0 saturated heterocycles. The molecule has 0 aromatic heterocycles. The highest BCUT2D eigenvalue weighted by Crippen LogP contribution is 2.42. The Labute approximate surface area is 362 Å². The van der Waals surface area contributed by atoms with Gasteiger partial charge in [0.15, 0.2) is 0 Å². The van der Waals surface area contributed by atoms with Gasteiger partial charge < -0.3 is 19.6 Å². The third kappa shape index (κ3) is 9.51. The van der Waals surface area contributed by atoms with Gasteiger partial charge in [0.2, 0.25) is 0 Å². The first-order valence-corrected chi connectivity index (χ1v) is 21.0. The van der Waals surface area contributed by atoms with Crippen LogP contribution in [0.3, 0.4) is 0 Å². The average Bonchev–Trinajstić information content (AvgIpc) is 3.29. The van der Waals surface area contributed by atoms with E-state index in [1.165, 1.54) is 16.7 Å². The largest absolute Gasteiger partial charge is 0.338 e. The molecular formula is C57H52N4. The molecule has 0 aliphatic heterocycles. The highest BCUT2D eigenvalue weighted by molar-refractivity contribution is 5.84. The molecule has 0 aliphatic carbocycles. The van der Waals surface area contributed by atoms with Gasteiger partial charge in [-0.25, -0.2) is 0 Å². The molecular weight excluding hydrogens is 741 g/mol. The van der Waals surface area contributed by atoms with E-state index in [9.17, 15) is 0 Å². The van der Waals surface area contributed by atoms with Crippen LogP contribution in [0.15, 0.2) is 236 Å². The molecule has 8 aromatic rings. The lowest BCUT2D eigenvalue weighted by molar-refractivity contribution is 1.09. The highest BCUT2D eigenvalue weighted by Gasteiger charge is 2.19. The predicted molar refractivity (Wildman–Crippen MR) is 262 cm³/mol. The molecule has 0 saturated carbocycles. The first kappa shape index (κ1) is 40.2. The number of hydrogen-bond acceptors (Lipinski definition) is 4. The molecule has 0 fully saturated rings. The lowest BCUT2D eigenvalue weighted by atomic mass is 10.1. The molecule has 4 heteroatoms. The monoisotopic (exact) mass is 792 g/mol. The topological polar surface area (TPSA) is 13.0 Å². The standard InChI is InChI=1S/C57H52N4/c1-5-17-44(2)40-41-58(47-20-9-6-10-21-47)48-28-30-51(31-29-48)59(52-32-36-54(37-33-52)60(49-22-11-7-12-23-49)56-26-15-18-45(3)42-56)53-34-38-55(39-35-53)61(50-24-13-8-14-25-50)57-27-16-19-46(4)43-57/h5-40,42-43H,41H2,1-4H3. The maximum Gasteiger partial charge on any atom is 0.0464 e. The van der Waals surface area contributed by atoms with Gasteiger partial charge in [0.1, 0.15) is 0 Å². The molecule has 0 spiro atoms. The van der Waals surface area contributed by atoms with Gasteiger partial charge in [-0.05, 0) is 172 Å². The van der Waals surface area contributed by atoms with Crippen LogP contribution in [0.2, 0.25) is 0 Å². The van der Waals surface area contributed by atoms with E-state index in [0.29, 0.717) is 0 Å². The summed E-state index contributed by atoms with van der Waals surface area (Å²) in [6.45, 7) is 9.25. The summed E-state index contributed by atoms with van der Waals surface area (Å²) in [5.41, 5.74) is 15.8. The van der Waals surface area contributed by atoms with Crippen LogP contribution in [0.25, 0.3) is 0 Å². The lowest BCUT2D eigenvalue weighted by Gasteiger charge is -2.30. The minimum atomic E-state index is 0.754. The predicted octanol–water partition coefficient (Wildman–Crippen LogP) is 16.4. The number of allylic oxidation sites excluding steroid dienone is 3. The van der Waals surface area contributed by atoms with Crippen LogP contribution < -0.4 is 19.6 Å². The normalized spacial score (nSPS) is 11.4. The molecule has 0 unspecified atom stereocenters. The third-order valence-corrected chi connectivity index (χ3v) is 10.8. The Balaban J connectivity index is 1.21. The minimum absolute atomic E-state index is 0.754. The maximum absolute atomic E-state index is 2.36. The van der Waals surface area contributed by atoms with Gasteiger partial charge in [-0.2, -0.15) is 0 Å². The lowest BCUT2D eigenvalue weighted by Crippen LogP contribution is -2.17. The molecule has 300 valence electrons. The fourth-order valence-corrected chi connectivity index (χ4v) is 7.85. The molecule has 8 aromatic carbocycles. The summed E-state index contributed by atoms with van der Waals surface area (Å²) in [4.78, 5) is 9.34. The van der Waals surface area contributed by atoms with E-state index in [4.69, 9.17) is 0 Å². The number of para-hydroxylation sites is 3. The van der Waals surface area contributed by atoms with Gasteiger partial charge >= 0.3 is 0 Å². The Morgan fingerprint density at radius 1 is 0.361 bits per heavy atom. The van der Waals surface area contributed by atoms with Crippen LogP contribution in [0.5, 0.6) is 0 Å². The number of anilines is 11. The van der Waals surface area contributed by atoms with E-state index in [2.05, 4.69) is 278 Å². The van der Waals surface area contributed by atoms with Crippen molar-refractivity contribution in [2.45, 2.75) is 27.7 Å². The molecule has 0 aliphatic rings. The Hall–Kier alpha value is -7.56. The smallest absolute Gasteiger partial charge is 0.0464 e. The van der Waals surface area contributed by atoms with Crippen molar-refractivity contribution >= 4 is 62.6 Å². The van der Waals surface area contributed by atoms with Crippen molar-refractivity contribution in [1.29, 1.82) is 0 Å². The van der Waals surface area contributed by atoms with E-state index in [0.717, 1.165) is 69.1 Å². The van der Waals surface area contributed by atoms with Crippen molar-refractivity contribution in [2.24, 2.45) is 0 Å². The summed E-state index contributed by atoms with van der Waals surface area (Å²) in [6.07, 6.45) is 6.52. The van der Waals surface area contributed by atoms with Crippen molar-refractivity contribution in [1.82, 2.24) is 0 Å². The molecule has 0 radical (unpaired) electrons. The van der Waals surface area contributed by atoms with Gasteiger partial charge in [0, 0.05) is 69.1 Å². The second kappa shape index (κ2) is 19.0. The van der Waals surface area contributed by atoms with Gasteiger partial charge in [0.25, 0.3) is 0 Å². The molecule has 0 atom stereocenters. The van der Waals surface area contributed by atoms with Crippen LogP contribution >= 0.6 is 0 Å². The SMILES string of the molecule is CC=CC(C)=CCN(c1ccccc1)c1ccc(N(c2ccc(N(c3ccccc3)c3cccc(C)c3)cc2)c2ccc(N(c3ccccc3)c3cccc(C)c3)cc2)cc1. The van der Waals surface area contributed by atoms with E-state index < -0.39 is 0 Å². The summed E-state index contributed by atoms with van der Waals surface area (Å²) < 4.78 is 0. The molecule has 0 N–H and O–H groups in total. The van der Waals surface area contributed by atoms with E-state index in [-0.39, 0.29) is 0 Å². The summed E-state index contributed by atoms with van der Waals surface area (Å²) in [6, 6.07) is 75.9. The van der Waals surface area contributed by atoms with Crippen LogP contribution in [-0.2, 0) is 0 Å². The average molecular weight is 793 g/mol. The maximum atomic E-state index is 2.36. The quantitative estimate of drug-likeness (QED) is 0.102. The van der Waals surface area contributed by atoms with E-state index >= 15 is 0 Å². The Morgan fingerprint density at radius 2 is 0.656 bits per heavy atom. The zero-order chi connectivity index (χ0) is 42.0. The third-order valence-electron chi connectivity index (χ3n) is 10.8. The van der Waals surface area contributed by atoms with E-state index in [1.807, 2.05) is 0 Å². The van der Waals surface area contributed by atoms with Crippen LogP contribution in [0.1, 0.15) is 25.0 Å².